The fraction of sp³-hybridized carbons (Fsp3) is 0.235. The third kappa shape index (κ3) is 2.45. The highest BCUT2D eigenvalue weighted by Crippen LogP contribution is 2.20. The first-order chi connectivity index (χ1) is 9.78. The minimum Gasteiger partial charge on any atom is -0.387 e. The van der Waals surface area contributed by atoms with E-state index >= 15 is 0 Å². The Morgan fingerprint density at radius 2 is 2.00 bits per heavy atom. The van der Waals surface area contributed by atoms with Crippen molar-refractivity contribution in [2.24, 2.45) is 0 Å². The van der Waals surface area contributed by atoms with Crippen LogP contribution in [0.4, 0.5) is 0 Å². The van der Waals surface area contributed by atoms with E-state index in [-0.39, 0.29) is 0 Å². The molecular formula is C17H18N2O. The van der Waals surface area contributed by atoms with Crippen molar-refractivity contribution in [1.29, 1.82) is 0 Å². The lowest BCUT2D eigenvalue weighted by molar-refractivity contribution is 0.158. The second-order valence-electron chi connectivity index (χ2n) is 5.00. The molecule has 1 aromatic heterocycles. The van der Waals surface area contributed by atoms with E-state index in [1.54, 1.807) is 6.33 Å². The summed E-state index contributed by atoms with van der Waals surface area (Å²) in [4.78, 5) is 4.35. The summed E-state index contributed by atoms with van der Waals surface area (Å²) in [6, 6.07) is 16.1. The molecule has 3 rings (SSSR count). The second kappa shape index (κ2) is 5.47. The number of imidazole rings is 1. The van der Waals surface area contributed by atoms with Crippen molar-refractivity contribution in [3.63, 3.8) is 0 Å². The maximum Gasteiger partial charge on any atom is 0.0969 e. The molecule has 0 aliphatic carbocycles. The normalized spacial score (nSPS) is 12.7. The van der Waals surface area contributed by atoms with E-state index in [1.165, 1.54) is 5.56 Å². The quantitative estimate of drug-likeness (QED) is 0.786. The van der Waals surface area contributed by atoms with Gasteiger partial charge < -0.3 is 9.67 Å². The minimum atomic E-state index is -0.515. The first kappa shape index (κ1) is 12.9. The fourth-order valence-corrected chi connectivity index (χ4v) is 2.47. The Labute approximate surface area is 118 Å². The topological polar surface area (TPSA) is 38.0 Å². The fourth-order valence-electron chi connectivity index (χ4n) is 2.47. The van der Waals surface area contributed by atoms with E-state index in [0.717, 1.165) is 23.0 Å². The molecule has 0 bridgehead atoms. The molecule has 0 amide bonds. The van der Waals surface area contributed by atoms with Crippen molar-refractivity contribution in [3.8, 4) is 0 Å². The van der Waals surface area contributed by atoms with Gasteiger partial charge in [0.2, 0.25) is 0 Å². The van der Waals surface area contributed by atoms with Gasteiger partial charge in [-0.25, -0.2) is 4.98 Å². The minimum absolute atomic E-state index is 0.515. The first-order valence-corrected chi connectivity index (χ1v) is 6.94. The van der Waals surface area contributed by atoms with Crippen molar-refractivity contribution in [2.45, 2.75) is 26.0 Å². The molecule has 102 valence electrons. The number of benzene rings is 2. The number of aliphatic hydroxyl groups excluding tert-OH is 1. The van der Waals surface area contributed by atoms with Gasteiger partial charge in [0.15, 0.2) is 0 Å². The summed E-state index contributed by atoms with van der Waals surface area (Å²) in [7, 11) is 0. The van der Waals surface area contributed by atoms with Gasteiger partial charge in [0.25, 0.3) is 0 Å². The van der Waals surface area contributed by atoms with Crippen molar-refractivity contribution < 1.29 is 5.11 Å². The number of hydrogen-bond donors (Lipinski definition) is 1. The summed E-state index contributed by atoms with van der Waals surface area (Å²) >= 11 is 0. The van der Waals surface area contributed by atoms with Gasteiger partial charge >= 0.3 is 0 Å². The largest absolute Gasteiger partial charge is 0.387 e. The van der Waals surface area contributed by atoms with Crippen LogP contribution in [0, 0.1) is 0 Å². The zero-order valence-corrected chi connectivity index (χ0v) is 11.5. The molecule has 0 saturated carbocycles. The van der Waals surface area contributed by atoms with E-state index in [1.807, 2.05) is 41.0 Å². The molecule has 0 saturated heterocycles. The van der Waals surface area contributed by atoms with Gasteiger partial charge in [-0.3, -0.25) is 0 Å². The molecule has 20 heavy (non-hydrogen) atoms. The summed E-state index contributed by atoms with van der Waals surface area (Å²) in [5, 5.41) is 10.4. The Bertz CT molecular complexity index is 718. The average Bonchev–Trinajstić information content (AvgIpc) is 2.90. The summed E-state index contributed by atoms with van der Waals surface area (Å²) in [6.07, 6.45) is 2.26. The van der Waals surface area contributed by atoms with Crippen LogP contribution in [-0.2, 0) is 13.0 Å². The number of hydrogen-bond acceptors (Lipinski definition) is 2. The van der Waals surface area contributed by atoms with Gasteiger partial charge in [-0.2, -0.15) is 0 Å². The molecular weight excluding hydrogens is 248 g/mol. The van der Waals surface area contributed by atoms with Crippen LogP contribution >= 0.6 is 0 Å². The Balaban J connectivity index is 1.86. The van der Waals surface area contributed by atoms with Crippen LogP contribution < -0.4 is 0 Å². The van der Waals surface area contributed by atoms with Crippen LogP contribution in [0.25, 0.3) is 11.0 Å². The second-order valence-corrected chi connectivity index (χ2v) is 5.00. The monoisotopic (exact) mass is 266 g/mol. The Morgan fingerprint density at radius 3 is 2.85 bits per heavy atom. The number of aliphatic hydroxyl groups is 1. The Kier molecular flexibility index (Phi) is 3.52. The molecule has 0 aliphatic heterocycles. The van der Waals surface area contributed by atoms with Crippen LogP contribution in [0.1, 0.15) is 24.2 Å². The number of para-hydroxylation sites is 2. The number of rotatable bonds is 4. The molecule has 1 atom stereocenters. The van der Waals surface area contributed by atoms with Gasteiger partial charge in [-0.1, -0.05) is 43.3 Å². The Hall–Kier alpha value is -2.13. The maximum atomic E-state index is 10.4. The number of aromatic nitrogens is 2. The van der Waals surface area contributed by atoms with Gasteiger partial charge in [0.05, 0.1) is 30.0 Å². The molecule has 0 fully saturated rings. The molecule has 3 nitrogen and oxygen atoms in total. The third-order valence-electron chi connectivity index (χ3n) is 3.64. The molecule has 3 aromatic rings. The van der Waals surface area contributed by atoms with Gasteiger partial charge in [0, 0.05) is 0 Å². The molecule has 3 heteroatoms. The molecule has 0 aliphatic rings. The summed E-state index contributed by atoms with van der Waals surface area (Å²) in [5.41, 5.74) is 4.22. The van der Waals surface area contributed by atoms with Gasteiger partial charge in [-0.05, 0) is 29.7 Å². The standard InChI is InChI=1S/C17H18N2O/c1-2-13-6-5-7-14(10-13)17(20)11-19-12-18-15-8-3-4-9-16(15)19/h3-10,12,17,20H,2,11H2,1H3. The highest BCUT2D eigenvalue weighted by atomic mass is 16.3. The summed E-state index contributed by atoms with van der Waals surface area (Å²) in [5.74, 6) is 0. The average molecular weight is 266 g/mol. The lowest BCUT2D eigenvalue weighted by Crippen LogP contribution is -2.08. The predicted molar refractivity (Wildman–Crippen MR) is 80.5 cm³/mol. The molecule has 0 radical (unpaired) electrons. The molecule has 2 aromatic carbocycles. The highest BCUT2D eigenvalue weighted by Gasteiger charge is 2.10. The van der Waals surface area contributed by atoms with E-state index in [4.69, 9.17) is 0 Å². The zero-order chi connectivity index (χ0) is 13.9. The van der Waals surface area contributed by atoms with Crippen molar-refractivity contribution in [1.82, 2.24) is 9.55 Å². The van der Waals surface area contributed by atoms with E-state index in [9.17, 15) is 5.11 Å². The van der Waals surface area contributed by atoms with Crippen molar-refractivity contribution in [3.05, 3.63) is 66.0 Å². The van der Waals surface area contributed by atoms with Crippen LogP contribution in [0.2, 0.25) is 0 Å². The van der Waals surface area contributed by atoms with Crippen LogP contribution in [0.15, 0.2) is 54.9 Å². The molecule has 1 N–H and O–H groups in total. The van der Waals surface area contributed by atoms with Gasteiger partial charge in [0.1, 0.15) is 0 Å². The maximum absolute atomic E-state index is 10.4. The first-order valence-electron chi connectivity index (χ1n) is 6.94. The summed E-state index contributed by atoms with van der Waals surface area (Å²) < 4.78 is 2.00. The van der Waals surface area contributed by atoms with E-state index in [2.05, 4.69) is 24.0 Å². The van der Waals surface area contributed by atoms with E-state index < -0.39 is 6.10 Å². The number of nitrogens with zero attached hydrogens (tertiary/aromatic N) is 2. The smallest absolute Gasteiger partial charge is 0.0969 e. The summed E-state index contributed by atoms with van der Waals surface area (Å²) in [6.45, 7) is 2.64. The lowest BCUT2D eigenvalue weighted by Gasteiger charge is -2.13. The highest BCUT2D eigenvalue weighted by molar-refractivity contribution is 5.74. The molecule has 0 spiro atoms. The van der Waals surface area contributed by atoms with Crippen LogP contribution in [-0.4, -0.2) is 14.7 Å². The van der Waals surface area contributed by atoms with E-state index in [0.29, 0.717) is 6.54 Å². The lowest BCUT2D eigenvalue weighted by atomic mass is 10.0. The molecule has 1 unspecified atom stereocenters. The predicted octanol–water partition coefficient (Wildman–Crippen LogP) is 3.33. The SMILES string of the molecule is CCc1cccc(C(O)Cn2cnc3ccccc32)c1. The Morgan fingerprint density at radius 1 is 1.15 bits per heavy atom. The van der Waals surface area contributed by atoms with Crippen molar-refractivity contribution >= 4 is 11.0 Å². The van der Waals surface area contributed by atoms with Crippen LogP contribution in [0.3, 0.4) is 0 Å². The number of aryl methyl sites for hydroxylation is 1. The third-order valence-corrected chi connectivity index (χ3v) is 3.64. The molecule has 1 heterocycles. The zero-order valence-electron chi connectivity index (χ0n) is 11.5. The van der Waals surface area contributed by atoms with Crippen LogP contribution in [0.5, 0.6) is 0 Å². The van der Waals surface area contributed by atoms with Crippen molar-refractivity contribution in [2.75, 3.05) is 0 Å². The number of fused-ring (bicyclic) bond motifs is 1. The van der Waals surface area contributed by atoms with Gasteiger partial charge in [-0.15, -0.1) is 0 Å².